The Morgan fingerprint density at radius 3 is 1.86 bits per heavy atom. The van der Waals surface area contributed by atoms with Crippen molar-refractivity contribution >= 4 is 3.21 Å². The molecule has 0 bridgehead atoms. The van der Waals surface area contributed by atoms with Crippen LogP contribution in [0.15, 0.2) is 0 Å². The maximum absolute atomic E-state index is 1.80. The zero-order valence-corrected chi connectivity index (χ0v) is 6.99. The summed E-state index contributed by atoms with van der Waals surface area (Å²) in [6.07, 6.45) is 7.32. The van der Waals surface area contributed by atoms with Crippen LogP contribution < -0.4 is 0 Å². The molecule has 1 aliphatic rings. The van der Waals surface area contributed by atoms with Crippen molar-refractivity contribution in [2.45, 2.75) is 32.1 Å². The van der Waals surface area contributed by atoms with Gasteiger partial charge in [0, 0.05) is 0 Å². The summed E-state index contributed by atoms with van der Waals surface area (Å²) >= 11 is 1.69. The van der Waals surface area contributed by atoms with Gasteiger partial charge in [-0.3, -0.25) is 0 Å². The van der Waals surface area contributed by atoms with Crippen molar-refractivity contribution in [2.75, 3.05) is 0 Å². The van der Waals surface area contributed by atoms with E-state index in [0.717, 1.165) is 0 Å². The minimum absolute atomic E-state index is 1.44. The van der Waals surface area contributed by atoms with E-state index in [4.69, 9.17) is 0 Å². The number of rotatable bonds is 0. The third-order valence-corrected chi connectivity index (χ3v) is 2.69. The molecule has 1 saturated carbocycles. The predicted octanol–water partition coefficient (Wildman–Crippen LogP) is 1.67. The Kier molecular flexibility index (Phi) is 2.45. The summed E-state index contributed by atoms with van der Waals surface area (Å²) in [5.74, 6) is 0. The molecule has 0 aromatic rings. The molecule has 1 fully saturated rings. The zero-order chi connectivity index (χ0) is 5.11. The molecule has 0 N–H and O–H groups in total. The average Bonchev–Trinajstić information content (AvgIpc) is 1.69. The normalized spacial score (nSPS) is 22.9. The quantitative estimate of drug-likeness (QED) is 0.523. The topological polar surface area (TPSA) is 0 Å². The third kappa shape index (κ3) is 1.99. The minimum atomic E-state index is 1.44. The first-order valence-electron chi connectivity index (χ1n) is 2.96. The summed E-state index contributed by atoms with van der Waals surface area (Å²) in [7, 11) is 0. The molecule has 0 heterocycles. The van der Waals surface area contributed by atoms with Gasteiger partial charge in [0.05, 0.1) is 0 Å². The zero-order valence-electron chi connectivity index (χ0n) is 4.54. The van der Waals surface area contributed by atoms with Gasteiger partial charge in [-0.15, -0.1) is 0 Å². The van der Waals surface area contributed by atoms with E-state index in [-0.39, 0.29) is 0 Å². The first-order valence-corrected chi connectivity index (χ1v) is 4.19. The maximum atomic E-state index is 1.80. The van der Waals surface area contributed by atoms with Crippen molar-refractivity contribution in [3.05, 3.63) is 0 Å². The summed E-state index contributed by atoms with van der Waals surface area (Å²) in [5, 5.41) is 0. The van der Waals surface area contributed by atoms with E-state index < -0.39 is 0 Å². The standard InChI is InChI=1S/C6H10.Zr/c1-2-4-6-5-3-1;/h1-5H2;/q;+2. The van der Waals surface area contributed by atoms with Crippen molar-refractivity contribution in [1.82, 2.24) is 0 Å². The summed E-state index contributed by atoms with van der Waals surface area (Å²) in [6, 6.07) is 0. The third-order valence-electron chi connectivity index (χ3n) is 1.46. The van der Waals surface area contributed by atoms with Crippen LogP contribution in [0.1, 0.15) is 32.1 Å². The van der Waals surface area contributed by atoms with E-state index in [0.29, 0.717) is 0 Å². The molecule has 1 rings (SSSR count). The second-order valence-corrected chi connectivity index (χ2v) is 3.90. The molecule has 0 saturated heterocycles. The fraction of sp³-hybridized carbons (Fsp3) is 0.833. The summed E-state index contributed by atoms with van der Waals surface area (Å²) in [4.78, 5) is 0. The van der Waals surface area contributed by atoms with Crippen LogP contribution in [0.4, 0.5) is 0 Å². The molecular formula is C6H10Zr+2. The van der Waals surface area contributed by atoms with Gasteiger partial charge in [0.2, 0.25) is 0 Å². The Morgan fingerprint density at radius 1 is 1.00 bits per heavy atom. The van der Waals surface area contributed by atoms with E-state index in [9.17, 15) is 0 Å². The van der Waals surface area contributed by atoms with Crippen molar-refractivity contribution in [2.24, 2.45) is 0 Å². The van der Waals surface area contributed by atoms with Crippen LogP contribution in [0, 0.1) is 0 Å². The van der Waals surface area contributed by atoms with Crippen LogP contribution in [-0.4, -0.2) is 3.21 Å². The summed E-state index contributed by atoms with van der Waals surface area (Å²) in [5.41, 5.74) is 0. The van der Waals surface area contributed by atoms with Gasteiger partial charge in [-0.05, 0) is 0 Å². The van der Waals surface area contributed by atoms with E-state index in [2.05, 4.69) is 0 Å². The molecule has 1 heteroatoms. The molecule has 36 valence electrons. The molecular weight excluding hydrogens is 163 g/mol. The Bertz CT molecular complexity index is 68.2. The van der Waals surface area contributed by atoms with Gasteiger partial charge in [0.1, 0.15) is 0 Å². The fourth-order valence-electron chi connectivity index (χ4n) is 0.979. The molecule has 0 spiro atoms. The van der Waals surface area contributed by atoms with Gasteiger partial charge < -0.3 is 0 Å². The molecule has 0 aliphatic heterocycles. The van der Waals surface area contributed by atoms with E-state index >= 15 is 0 Å². The van der Waals surface area contributed by atoms with Gasteiger partial charge in [0.15, 0.2) is 0 Å². The SMILES string of the molecule is [Zr+2]=[C]1CCCCC1. The Morgan fingerprint density at radius 2 is 1.57 bits per heavy atom. The molecule has 0 radical (unpaired) electrons. The molecule has 0 unspecified atom stereocenters. The first kappa shape index (κ1) is 5.88. The molecule has 0 aromatic heterocycles. The van der Waals surface area contributed by atoms with Crippen LogP contribution in [0.5, 0.6) is 0 Å². The number of hydrogen-bond acceptors (Lipinski definition) is 0. The Labute approximate surface area is 59.6 Å². The molecule has 0 aromatic carbocycles. The van der Waals surface area contributed by atoms with Gasteiger partial charge in [0.25, 0.3) is 0 Å². The van der Waals surface area contributed by atoms with Crippen LogP contribution in [-0.2, 0) is 24.2 Å². The van der Waals surface area contributed by atoms with Gasteiger partial charge in [-0.25, -0.2) is 0 Å². The van der Waals surface area contributed by atoms with Crippen molar-refractivity contribution in [1.29, 1.82) is 0 Å². The monoisotopic (exact) mass is 172 g/mol. The van der Waals surface area contributed by atoms with Gasteiger partial charge in [-0.2, -0.15) is 0 Å². The van der Waals surface area contributed by atoms with Crippen LogP contribution >= 0.6 is 0 Å². The van der Waals surface area contributed by atoms with Gasteiger partial charge >= 0.3 is 59.5 Å². The number of hydrogen-bond donors (Lipinski definition) is 0. The fourth-order valence-corrected chi connectivity index (χ4v) is 1.85. The Balaban J connectivity index is 2.25. The predicted molar refractivity (Wildman–Crippen MR) is 28.1 cm³/mol. The molecule has 1 aliphatic carbocycles. The van der Waals surface area contributed by atoms with E-state index in [1.54, 1.807) is 27.4 Å². The van der Waals surface area contributed by atoms with Crippen molar-refractivity contribution < 1.29 is 24.2 Å². The second kappa shape index (κ2) is 2.92. The van der Waals surface area contributed by atoms with Gasteiger partial charge in [-0.1, -0.05) is 0 Å². The van der Waals surface area contributed by atoms with Crippen LogP contribution in [0.25, 0.3) is 0 Å². The molecule has 7 heavy (non-hydrogen) atoms. The Hall–Kier alpha value is 0.753. The van der Waals surface area contributed by atoms with Crippen molar-refractivity contribution in [3.8, 4) is 0 Å². The summed E-state index contributed by atoms with van der Waals surface area (Å²) < 4.78 is 1.80. The average molecular weight is 173 g/mol. The molecule has 0 atom stereocenters. The summed E-state index contributed by atoms with van der Waals surface area (Å²) in [6.45, 7) is 0. The van der Waals surface area contributed by atoms with Crippen LogP contribution in [0.3, 0.4) is 0 Å². The first-order chi connectivity index (χ1) is 3.39. The van der Waals surface area contributed by atoms with E-state index in [1.165, 1.54) is 32.1 Å². The molecule has 0 amide bonds. The van der Waals surface area contributed by atoms with Crippen LogP contribution in [0.2, 0.25) is 0 Å². The van der Waals surface area contributed by atoms with Crippen molar-refractivity contribution in [3.63, 3.8) is 0 Å². The molecule has 0 nitrogen and oxygen atoms in total. The second-order valence-electron chi connectivity index (χ2n) is 2.16. The van der Waals surface area contributed by atoms with E-state index in [1.807, 2.05) is 0 Å².